The van der Waals surface area contributed by atoms with E-state index in [1.807, 2.05) is 0 Å². The van der Waals surface area contributed by atoms with Crippen molar-refractivity contribution in [2.45, 2.75) is 12.6 Å². The van der Waals surface area contributed by atoms with Crippen LogP contribution in [0, 0.1) is 5.82 Å². The van der Waals surface area contributed by atoms with E-state index >= 15 is 0 Å². The van der Waals surface area contributed by atoms with E-state index in [2.05, 4.69) is 10.3 Å². The number of hydrogen-bond acceptors (Lipinski definition) is 4. The maximum atomic E-state index is 13.9. The van der Waals surface area contributed by atoms with Crippen molar-refractivity contribution in [2.75, 3.05) is 7.11 Å². The second-order valence-corrected chi connectivity index (χ2v) is 6.48. The highest BCUT2D eigenvalue weighted by atomic mass is 35.5. The first-order valence-electron chi connectivity index (χ1n) is 8.04. The van der Waals surface area contributed by atoms with Gasteiger partial charge in [0.15, 0.2) is 11.6 Å². The molecule has 2 aromatic heterocycles. The fraction of sp³-hybridized carbons (Fsp3) is 0.167. The van der Waals surface area contributed by atoms with E-state index < -0.39 is 23.8 Å². The van der Waals surface area contributed by atoms with Crippen LogP contribution in [0.1, 0.15) is 17.3 Å². The third-order valence-corrected chi connectivity index (χ3v) is 4.54. The molecule has 27 heavy (non-hydrogen) atoms. The van der Waals surface area contributed by atoms with Gasteiger partial charge in [-0.05, 0) is 29.8 Å². The molecule has 1 N–H and O–H groups in total. The van der Waals surface area contributed by atoms with E-state index in [0.717, 1.165) is 4.90 Å². The molecule has 1 aromatic carbocycles. The third-order valence-electron chi connectivity index (χ3n) is 4.32. The molecular formula is C18H14ClFN4O3. The standard InChI is InChI=1S/C18H14ClFN4O3/c1-27-14-4-2-10(6-13(14)20)16-17(25)24(18(26)22-16)9-12-8-23-7-11(19)3-5-15(23)21-12/h2-8,16H,9H2,1H3,(H,22,26). The van der Waals surface area contributed by atoms with Gasteiger partial charge in [0.05, 0.1) is 24.4 Å². The average molecular weight is 389 g/mol. The molecule has 1 unspecified atom stereocenters. The van der Waals surface area contributed by atoms with Crippen LogP contribution in [-0.2, 0) is 11.3 Å². The summed E-state index contributed by atoms with van der Waals surface area (Å²) in [7, 11) is 1.35. The zero-order chi connectivity index (χ0) is 19.1. The van der Waals surface area contributed by atoms with Crippen LogP contribution < -0.4 is 10.1 Å². The van der Waals surface area contributed by atoms with Gasteiger partial charge in [0.1, 0.15) is 11.7 Å². The summed E-state index contributed by atoms with van der Waals surface area (Å²) in [6.07, 6.45) is 3.38. The number of hydrogen-bond donors (Lipinski definition) is 1. The molecule has 4 rings (SSSR count). The molecular weight excluding hydrogens is 375 g/mol. The molecule has 0 saturated carbocycles. The van der Waals surface area contributed by atoms with Gasteiger partial charge in [-0.25, -0.2) is 14.2 Å². The van der Waals surface area contributed by atoms with E-state index in [9.17, 15) is 14.0 Å². The number of aromatic nitrogens is 2. The molecule has 0 radical (unpaired) electrons. The Morgan fingerprint density at radius 3 is 2.81 bits per heavy atom. The van der Waals surface area contributed by atoms with Crippen molar-refractivity contribution in [2.24, 2.45) is 0 Å². The van der Waals surface area contributed by atoms with Crippen LogP contribution in [0.2, 0.25) is 5.02 Å². The lowest BCUT2D eigenvalue weighted by atomic mass is 10.1. The Labute approximate surface area is 158 Å². The van der Waals surface area contributed by atoms with Gasteiger partial charge in [-0.2, -0.15) is 0 Å². The number of rotatable bonds is 4. The highest BCUT2D eigenvalue weighted by molar-refractivity contribution is 6.30. The van der Waals surface area contributed by atoms with E-state index in [4.69, 9.17) is 16.3 Å². The van der Waals surface area contributed by atoms with Crippen LogP contribution in [0.3, 0.4) is 0 Å². The topological polar surface area (TPSA) is 75.9 Å². The van der Waals surface area contributed by atoms with Gasteiger partial charge in [-0.1, -0.05) is 17.7 Å². The number of ether oxygens (including phenoxy) is 1. The monoisotopic (exact) mass is 388 g/mol. The number of halogens is 2. The first kappa shape index (κ1) is 17.3. The van der Waals surface area contributed by atoms with Crippen molar-refractivity contribution in [3.8, 4) is 5.75 Å². The van der Waals surface area contributed by atoms with Gasteiger partial charge in [0.25, 0.3) is 5.91 Å². The number of pyridine rings is 1. The number of imidazole rings is 1. The highest BCUT2D eigenvalue weighted by Gasteiger charge is 2.39. The molecule has 3 heterocycles. The Balaban J connectivity index is 1.58. The van der Waals surface area contributed by atoms with Gasteiger partial charge in [-0.3, -0.25) is 9.69 Å². The number of benzene rings is 1. The van der Waals surface area contributed by atoms with Crippen molar-refractivity contribution < 1.29 is 18.7 Å². The van der Waals surface area contributed by atoms with E-state index in [1.165, 1.54) is 19.2 Å². The summed E-state index contributed by atoms with van der Waals surface area (Å²) in [6.45, 7) is -0.000890. The molecule has 9 heteroatoms. The lowest BCUT2D eigenvalue weighted by Crippen LogP contribution is -2.30. The summed E-state index contributed by atoms with van der Waals surface area (Å²) in [5.74, 6) is -1.01. The highest BCUT2D eigenvalue weighted by Crippen LogP contribution is 2.27. The van der Waals surface area contributed by atoms with Crippen LogP contribution in [0.15, 0.2) is 42.7 Å². The van der Waals surface area contributed by atoms with E-state index in [1.54, 1.807) is 35.0 Å². The lowest BCUT2D eigenvalue weighted by Gasteiger charge is -2.12. The van der Waals surface area contributed by atoms with Gasteiger partial charge < -0.3 is 14.5 Å². The van der Waals surface area contributed by atoms with Crippen molar-refractivity contribution in [3.63, 3.8) is 0 Å². The smallest absolute Gasteiger partial charge is 0.325 e. The fourth-order valence-electron chi connectivity index (χ4n) is 3.01. The quantitative estimate of drug-likeness (QED) is 0.697. The Morgan fingerprint density at radius 1 is 1.26 bits per heavy atom. The number of carbonyl (C=O) groups excluding carboxylic acids is 2. The summed E-state index contributed by atoms with van der Waals surface area (Å²) in [5, 5.41) is 3.12. The molecule has 3 amide bonds. The Bertz CT molecular complexity index is 1070. The van der Waals surface area contributed by atoms with Crippen molar-refractivity contribution in [1.82, 2.24) is 19.6 Å². The number of urea groups is 1. The maximum Gasteiger partial charge on any atom is 0.325 e. The normalized spacial score (nSPS) is 16.9. The predicted molar refractivity (Wildman–Crippen MR) is 95.0 cm³/mol. The second kappa shape index (κ2) is 6.55. The Morgan fingerprint density at radius 2 is 2.07 bits per heavy atom. The maximum absolute atomic E-state index is 13.9. The molecule has 0 spiro atoms. The summed E-state index contributed by atoms with van der Waals surface area (Å²) in [6, 6.07) is 6.06. The first-order valence-corrected chi connectivity index (χ1v) is 8.42. The molecule has 7 nitrogen and oxygen atoms in total. The molecule has 1 aliphatic heterocycles. The number of amides is 3. The number of imide groups is 1. The van der Waals surface area contributed by atoms with Crippen molar-refractivity contribution in [1.29, 1.82) is 0 Å². The van der Waals surface area contributed by atoms with Gasteiger partial charge in [-0.15, -0.1) is 0 Å². The van der Waals surface area contributed by atoms with E-state index in [0.29, 0.717) is 21.9 Å². The number of nitrogens with one attached hydrogen (secondary N) is 1. The number of methoxy groups -OCH3 is 1. The third kappa shape index (κ3) is 3.08. The summed E-state index contributed by atoms with van der Waals surface area (Å²) in [4.78, 5) is 30.4. The van der Waals surface area contributed by atoms with Crippen molar-refractivity contribution >= 4 is 29.2 Å². The number of nitrogens with zero attached hydrogens (tertiary/aromatic N) is 3. The minimum Gasteiger partial charge on any atom is -0.494 e. The predicted octanol–water partition coefficient (Wildman–Crippen LogP) is 2.93. The molecule has 1 atom stereocenters. The molecule has 0 bridgehead atoms. The molecule has 1 saturated heterocycles. The molecule has 0 aliphatic carbocycles. The molecule has 138 valence electrons. The molecule has 1 aliphatic rings. The van der Waals surface area contributed by atoms with Crippen molar-refractivity contribution in [3.05, 3.63) is 64.8 Å². The zero-order valence-corrected chi connectivity index (χ0v) is 14.9. The van der Waals surface area contributed by atoms with Crippen LogP contribution in [0.5, 0.6) is 5.75 Å². The fourth-order valence-corrected chi connectivity index (χ4v) is 3.18. The summed E-state index contributed by atoms with van der Waals surface area (Å²) < 4.78 is 20.5. The Hall–Kier alpha value is -3.13. The zero-order valence-electron chi connectivity index (χ0n) is 14.1. The number of carbonyl (C=O) groups is 2. The van der Waals surface area contributed by atoms with E-state index in [-0.39, 0.29) is 12.3 Å². The number of fused-ring (bicyclic) bond motifs is 1. The lowest BCUT2D eigenvalue weighted by molar-refractivity contribution is -0.128. The largest absolute Gasteiger partial charge is 0.494 e. The van der Waals surface area contributed by atoms with Gasteiger partial charge in [0, 0.05) is 12.4 Å². The van der Waals surface area contributed by atoms with Crippen LogP contribution in [0.4, 0.5) is 9.18 Å². The second-order valence-electron chi connectivity index (χ2n) is 6.05. The average Bonchev–Trinajstić information content (AvgIpc) is 3.16. The van der Waals surface area contributed by atoms with Gasteiger partial charge in [0.2, 0.25) is 0 Å². The van der Waals surface area contributed by atoms with Crippen LogP contribution in [0.25, 0.3) is 5.65 Å². The first-order chi connectivity index (χ1) is 13.0. The SMILES string of the molecule is COc1ccc(C2NC(=O)N(Cc3cn4cc(Cl)ccc4n3)C2=O)cc1F. The van der Waals surface area contributed by atoms with Crippen LogP contribution >= 0.6 is 11.6 Å². The molecule has 1 fully saturated rings. The van der Waals surface area contributed by atoms with Gasteiger partial charge >= 0.3 is 6.03 Å². The summed E-state index contributed by atoms with van der Waals surface area (Å²) >= 11 is 5.95. The van der Waals surface area contributed by atoms with Crippen LogP contribution in [-0.4, -0.2) is 33.3 Å². The minimum atomic E-state index is -0.954. The molecule has 3 aromatic rings. The summed E-state index contributed by atoms with van der Waals surface area (Å²) in [5.41, 5.74) is 1.52. The minimum absolute atomic E-state index is 0.000890. The Kier molecular flexibility index (Phi) is 4.19.